The topological polar surface area (TPSA) is 41.6 Å². The highest BCUT2D eigenvalue weighted by atomic mass is 15.3. The van der Waals surface area contributed by atoms with E-state index in [2.05, 4.69) is 30.7 Å². The quantitative estimate of drug-likeness (QED) is 0.543. The van der Waals surface area contributed by atoms with Crippen LogP contribution in [0.25, 0.3) is 0 Å². The van der Waals surface area contributed by atoms with Crippen LogP contribution in [0.2, 0.25) is 0 Å². The predicted molar refractivity (Wildman–Crippen MR) is 61.4 cm³/mol. The standard InChI is InChI=1S/C11H23N3/c1-4-8-13-11(12)14-9(2)6-5-7-10(14)3/h9-10H,4-8H2,1-3H3,(H2,12,13). The van der Waals surface area contributed by atoms with E-state index in [9.17, 15) is 0 Å². The summed E-state index contributed by atoms with van der Waals surface area (Å²) in [6, 6.07) is 1.11. The van der Waals surface area contributed by atoms with Crippen LogP contribution in [0.3, 0.4) is 0 Å². The molecule has 0 aliphatic carbocycles. The molecule has 2 atom stereocenters. The molecule has 1 aliphatic rings. The molecule has 3 nitrogen and oxygen atoms in total. The Bertz CT molecular complexity index is 191. The van der Waals surface area contributed by atoms with Gasteiger partial charge in [-0.2, -0.15) is 0 Å². The second-order valence-corrected chi connectivity index (χ2v) is 4.28. The van der Waals surface area contributed by atoms with Gasteiger partial charge in [0.15, 0.2) is 5.96 Å². The Hall–Kier alpha value is -0.730. The zero-order valence-corrected chi connectivity index (χ0v) is 9.66. The van der Waals surface area contributed by atoms with Crippen molar-refractivity contribution in [2.75, 3.05) is 6.54 Å². The van der Waals surface area contributed by atoms with Gasteiger partial charge in [0, 0.05) is 18.6 Å². The highest BCUT2D eigenvalue weighted by Crippen LogP contribution is 2.21. The molecule has 1 saturated heterocycles. The highest BCUT2D eigenvalue weighted by Gasteiger charge is 2.25. The van der Waals surface area contributed by atoms with E-state index in [1.807, 2.05) is 0 Å². The van der Waals surface area contributed by atoms with Gasteiger partial charge in [-0.1, -0.05) is 6.92 Å². The molecule has 3 heteroatoms. The Morgan fingerprint density at radius 1 is 1.36 bits per heavy atom. The van der Waals surface area contributed by atoms with Crippen molar-refractivity contribution < 1.29 is 0 Å². The largest absolute Gasteiger partial charge is 0.370 e. The zero-order chi connectivity index (χ0) is 10.6. The average molecular weight is 197 g/mol. The van der Waals surface area contributed by atoms with Crippen molar-refractivity contribution in [2.45, 2.75) is 58.5 Å². The van der Waals surface area contributed by atoms with E-state index < -0.39 is 0 Å². The van der Waals surface area contributed by atoms with Crippen LogP contribution in [0.15, 0.2) is 4.99 Å². The summed E-state index contributed by atoms with van der Waals surface area (Å²) < 4.78 is 0. The first-order valence-corrected chi connectivity index (χ1v) is 5.75. The maximum absolute atomic E-state index is 5.99. The Labute approximate surface area is 87.4 Å². The van der Waals surface area contributed by atoms with Crippen LogP contribution in [0.1, 0.15) is 46.5 Å². The molecule has 1 heterocycles. The minimum Gasteiger partial charge on any atom is -0.370 e. The summed E-state index contributed by atoms with van der Waals surface area (Å²) >= 11 is 0. The van der Waals surface area contributed by atoms with Crippen LogP contribution in [0, 0.1) is 0 Å². The third-order valence-corrected chi connectivity index (χ3v) is 2.96. The van der Waals surface area contributed by atoms with Gasteiger partial charge in [0.05, 0.1) is 0 Å². The maximum atomic E-state index is 5.99. The molecule has 0 aromatic rings. The first-order valence-electron chi connectivity index (χ1n) is 5.75. The summed E-state index contributed by atoms with van der Waals surface area (Å²) in [6.07, 6.45) is 4.87. The fourth-order valence-corrected chi connectivity index (χ4v) is 2.18. The number of rotatable bonds is 2. The molecular formula is C11H23N3. The summed E-state index contributed by atoms with van der Waals surface area (Å²) in [5.41, 5.74) is 5.99. The van der Waals surface area contributed by atoms with Gasteiger partial charge in [0.2, 0.25) is 0 Å². The molecule has 0 amide bonds. The van der Waals surface area contributed by atoms with E-state index in [0.29, 0.717) is 12.1 Å². The number of aliphatic imine (C=N–C) groups is 1. The van der Waals surface area contributed by atoms with E-state index in [1.54, 1.807) is 0 Å². The number of piperidine rings is 1. The Balaban J connectivity index is 2.62. The highest BCUT2D eigenvalue weighted by molar-refractivity contribution is 5.78. The second-order valence-electron chi connectivity index (χ2n) is 4.28. The van der Waals surface area contributed by atoms with Crippen LogP contribution in [0.4, 0.5) is 0 Å². The molecule has 1 fully saturated rings. The van der Waals surface area contributed by atoms with Crippen LogP contribution in [-0.4, -0.2) is 29.5 Å². The third-order valence-electron chi connectivity index (χ3n) is 2.96. The number of guanidine groups is 1. The first-order chi connectivity index (χ1) is 6.66. The fraction of sp³-hybridized carbons (Fsp3) is 0.909. The Kier molecular flexibility index (Phi) is 4.23. The van der Waals surface area contributed by atoms with Gasteiger partial charge in [-0.05, 0) is 39.5 Å². The molecular weight excluding hydrogens is 174 g/mol. The number of hydrogen-bond acceptors (Lipinski definition) is 1. The smallest absolute Gasteiger partial charge is 0.191 e. The van der Waals surface area contributed by atoms with Crippen LogP contribution < -0.4 is 5.73 Å². The van der Waals surface area contributed by atoms with Gasteiger partial charge in [-0.3, -0.25) is 4.99 Å². The van der Waals surface area contributed by atoms with Crippen molar-refractivity contribution in [1.29, 1.82) is 0 Å². The first kappa shape index (κ1) is 11.3. The molecule has 82 valence electrons. The molecule has 0 bridgehead atoms. The summed E-state index contributed by atoms with van der Waals surface area (Å²) in [6.45, 7) is 7.45. The number of likely N-dealkylation sites (tertiary alicyclic amines) is 1. The van der Waals surface area contributed by atoms with Crippen molar-refractivity contribution in [1.82, 2.24) is 4.90 Å². The van der Waals surface area contributed by atoms with E-state index in [4.69, 9.17) is 5.73 Å². The van der Waals surface area contributed by atoms with Crippen molar-refractivity contribution in [3.63, 3.8) is 0 Å². The van der Waals surface area contributed by atoms with Crippen LogP contribution in [-0.2, 0) is 0 Å². The number of nitrogens with zero attached hydrogens (tertiary/aromatic N) is 2. The molecule has 1 aliphatic heterocycles. The fourth-order valence-electron chi connectivity index (χ4n) is 2.18. The molecule has 1 rings (SSSR count). The molecule has 0 aromatic carbocycles. The lowest BCUT2D eigenvalue weighted by atomic mass is 9.98. The van der Waals surface area contributed by atoms with E-state index in [0.717, 1.165) is 18.9 Å². The summed E-state index contributed by atoms with van der Waals surface area (Å²) in [7, 11) is 0. The third kappa shape index (κ3) is 2.63. The van der Waals surface area contributed by atoms with Gasteiger partial charge in [-0.15, -0.1) is 0 Å². The summed E-state index contributed by atoms with van der Waals surface area (Å²) in [5.74, 6) is 0.742. The lowest BCUT2D eigenvalue weighted by molar-refractivity contribution is 0.189. The summed E-state index contributed by atoms with van der Waals surface area (Å²) in [5, 5.41) is 0. The van der Waals surface area contributed by atoms with E-state index in [-0.39, 0.29) is 0 Å². The lowest BCUT2D eigenvalue weighted by Gasteiger charge is -2.39. The van der Waals surface area contributed by atoms with E-state index in [1.165, 1.54) is 19.3 Å². The van der Waals surface area contributed by atoms with Crippen molar-refractivity contribution in [3.8, 4) is 0 Å². The van der Waals surface area contributed by atoms with Gasteiger partial charge < -0.3 is 10.6 Å². The molecule has 14 heavy (non-hydrogen) atoms. The molecule has 2 N–H and O–H groups in total. The van der Waals surface area contributed by atoms with Crippen LogP contribution in [0.5, 0.6) is 0 Å². The molecule has 2 unspecified atom stereocenters. The molecule has 0 saturated carbocycles. The molecule has 0 aromatic heterocycles. The van der Waals surface area contributed by atoms with Gasteiger partial charge in [-0.25, -0.2) is 0 Å². The maximum Gasteiger partial charge on any atom is 0.191 e. The minimum atomic E-state index is 0.555. The van der Waals surface area contributed by atoms with Gasteiger partial charge in [0.25, 0.3) is 0 Å². The summed E-state index contributed by atoms with van der Waals surface area (Å²) in [4.78, 5) is 6.66. The number of nitrogens with two attached hydrogens (primary N) is 1. The lowest BCUT2D eigenvalue weighted by Crippen LogP contribution is -2.51. The second kappa shape index (κ2) is 5.23. The molecule has 0 spiro atoms. The molecule has 0 radical (unpaired) electrons. The van der Waals surface area contributed by atoms with Crippen molar-refractivity contribution >= 4 is 5.96 Å². The van der Waals surface area contributed by atoms with E-state index >= 15 is 0 Å². The van der Waals surface area contributed by atoms with Gasteiger partial charge >= 0.3 is 0 Å². The van der Waals surface area contributed by atoms with Crippen molar-refractivity contribution in [3.05, 3.63) is 0 Å². The SMILES string of the molecule is CCCN=C(N)N1C(C)CCCC1C. The average Bonchev–Trinajstić information content (AvgIpc) is 2.14. The minimum absolute atomic E-state index is 0.555. The predicted octanol–water partition coefficient (Wildman–Crippen LogP) is 1.97. The Morgan fingerprint density at radius 2 is 1.93 bits per heavy atom. The Morgan fingerprint density at radius 3 is 2.43 bits per heavy atom. The van der Waals surface area contributed by atoms with Crippen molar-refractivity contribution in [2.24, 2.45) is 10.7 Å². The monoisotopic (exact) mass is 197 g/mol. The van der Waals surface area contributed by atoms with Gasteiger partial charge in [0.1, 0.15) is 0 Å². The normalized spacial score (nSPS) is 29.4. The van der Waals surface area contributed by atoms with Crippen LogP contribution >= 0.6 is 0 Å². The zero-order valence-electron chi connectivity index (χ0n) is 9.66. The number of hydrogen-bond donors (Lipinski definition) is 1.